The highest BCUT2D eigenvalue weighted by Crippen LogP contribution is 2.46. The predicted molar refractivity (Wildman–Crippen MR) is 79.3 cm³/mol. The zero-order valence-electron chi connectivity index (χ0n) is 11.1. The lowest BCUT2D eigenvalue weighted by atomic mass is 10.0. The van der Waals surface area contributed by atoms with Gasteiger partial charge < -0.3 is 15.2 Å². The number of thiophene rings is 1. The summed E-state index contributed by atoms with van der Waals surface area (Å²) in [6.07, 6.45) is 0.782. The summed E-state index contributed by atoms with van der Waals surface area (Å²) in [6, 6.07) is 7.98. The van der Waals surface area contributed by atoms with E-state index in [-0.39, 0.29) is 0 Å². The summed E-state index contributed by atoms with van der Waals surface area (Å²) in [5.74, 6) is 1.50. The smallest absolute Gasteiger partial charge is 0.169 e. The highest BCUT2D eigenvalue weighted by Gasteiger charge is 2.22. The number of para-hydroxylation sites is 1. The average molecular weight is 286 g/mol. The van der Waals surface area contributed by atoms with Crippen LogP contribution in [0.1, 0.15) is 17.4 Å². The van der Waals surface area contributed by atoms with Gasteiger partial charge >= 0.3 is 0 Å². The predicted octanol–water partition coefficient (Wildman–Crippen LogP) is 3.20. The zero-order valence-corrected chi connectivity index (χ0v) is 11.9. The van der Waals surface area contributed by atoms with Crippen molar-refractivity contribution >= 4 is 17.0 Å². The number of benzene rings is 1. The molecule has 1 aromatic heterocycles. The van der Waals surface area contributed by atoms with Crippen molar-refractivity contribution in [1.82, 2.24) is 0 Å². The molecule has 0 atom stereocenters. The Labute approximate surface area is 121 Å². The molecule has 1 aliphatic heterocycles. The summed E-state index contributed by atoms with van der Waals surface area (Å²) in [4.78, 5) is 1.56. The van der Waals surface area contributed by atoms with E-state index in [0.29, 0.717) is 23.8 Å². The molecule has 1 aliphatic rings. The van der Waals surface area contributed by atoms with Gasteiger partial charge in [-0.25, -0.2) is 0 Å². The highest BCUT2D eigenvalue weighted by atomic mass is 32.1. The van der Waals surface area contributed by atoms with Gasteiger partial charge in [0, 0.05) is 10.4 Å². The maximum absolute atomic E-state index is 9.16. The van der Waals surface area contributed by atoms with Crippen LogP contribution in [0.5, 0.6) is 11.5 Å². The number of rotatable bonds is 2. The number of hydrogen-bond donors (Lipinski definition) is 1. The van der Waals surface area contributed by atoms with E-state index in [2.05, 4.69) is 6.07 Å². The molecular weight excluding hydrogens is 272 g/mol. The fraction of sp³-hybridized carbons (Fsp3) is 0.267. The first-order valence-electron chi connectivity index (χ1n) is 6.46. The van der Waals surface area contributed by atoms with Gasteiger partial charge in [0.2, 0.25) is 0 Å². The van der Waals surface area contributed by atoms with Crippen molar-refractivity contribution in [1.29, 1.82) is 5.26 Å². The van der Waals surface area contributed by atoms with Crippen molar-refractivity contribution in [2.45, 2.75) is 13.3 Å². The lowest BCUT2D eigenvalue weighted by Gasteiger charge is -2.20. The monoisotopic (exact) mass is 286 g/mol. The largest absolute Gasteiger partial charge is 0.486 e. The first-order chi connectivity index (χ1) is 9.76. The van der Waals surface area contributed by atoms with E-state index in [1.165, 1.54) is 11.3 Å². The third-order valence-corrected chi connectivity index (χ3v) is 4.50. The second-order valence-electron chi connectivity index (χ2n) is 4.45. The lowest BCUT2D eigenvalue weighted by molar-refractivity contribution is 0.172. The average Bonchev–Trinajstić information content (AvgIpc) is 2.82. The van der Waals surface area contributed by atoms with Crippen LogP contribution in [0.25, 0.3) is 10.4 Å². The summed E-state index contributed by atoms with van der Waals surface area (Å²) in [7, 11) is 0. The molecule has 4 nitrogen and oxygen atoms in total. The quantitative estimate of drug-likeness (QED) is 0.920. The number of ether oxygens (including phenoxy) is 2. The summed E-state index contributed by atoms with van der Waals surface area (Å²) >= 11 is 1.41. The molecule has 2 N–H and O–H groups in total. The molecule has 0 saturated heterocycles. The molecular formula is C15H14N2O2S. The Morgan fingerprint density at radius 2 is 2.15 bits per heavy atom. The van der Waals surface area contributed by atoms with Crippen molar-refractivity contribution < 1.29 is 9.47 Å². The normalized spacial score (nSPS) is 13.0. The molecule has 2 heterocycles. The van der Waals surface area contributed by atoms with Crippen LogP contribution >= 0.6 is 11.3 Å². The van der Waals surface area contributed by atoms with Crippen LogP contribution in [-0.4, -0.2) is 13.2 Å². The van der Waals surface area contributed by atoms with Crippen LogP contribution in [-0.2, 0) is 6.42 Å². The van der Waals surface area contributed by atoms with Gasteiger partial charge in [0.05, 0.1) is 5.69 Å². The number of nitrogens with zero attached hydrogens (tertiary/aromatic N) is 1. The van der Waals surface area contributed by atoms with E-state index in [4.69, 9.17) is 20.5 Å². The molecule has 0 fully saturated rings. The minimum atomic E-state index is 0.539. The minimum Gasteiger partial charge on any atom is -0.486 e. The maximum Gasteiger partial charge on any atom is 0.169 e. The second kappa shape index (κ2) is 5.06. The number of hydrogen-bond acceptors (Lipinski definition) is 5. The topological polar surface area (TPSA) is 68.3 Å². The van der Waals surface area contributed by atoms with Gasteiger partial charge in [-0.1, -0.05) is 13.0 Å². The van der Waals surface area contributed by atoms with Gasteiger partial charge in [0.25, 0.3) is 0 Å². The van der Waals surface area contributed by atoms with Gasteiger partial charge in [-0.15, -0.1) is 11.3 Å². The van der Waals surface area contributed by atoms with Gasteiger partial charge in [-0.05, 0) is 24.1 Å². The number of anilines is 1. The molecule has 0 saturated carbocycles. The number of fused-ring (bicyclic) bond motifs is 1. The number of nitriles is 1. The van der Waals surface area contributed by atoms with Crippen molar-refractivity contribution in [3.8, 4) is 28.0 Å². The summed E-state index contributed by atoms with van der Waals surface area (Å²) in [5, 5.41) is 9.16. The molecule has 3 rings (SSSR count). The van der Waals surface area contributed by atoms with E-state index < -0.39 is 0 Å². The highest BCUT2D eigenvalue weighted by molar-refractivity contribution is 7.16. The Bertz CT molecular complexity index is 701. The molecule has 5 heteroatoms. The van der Waals surface area contributed by atoms with Crippen LogP contribution in [0, 0.1) is 11.3 Å². The molecule has 102 valence electrons. The van der Waals surface area contributed by atoms with E-state index in [0.717, 1.165) is 33.9 Å². The van der Waals surface area contributed by atoms with Crippen LogP contribution in [0.15, 0.2) is 18.2 Å². The molecule has 2 aromatic rings. The Morgan fingerprint density at radius 1 is 1.35 bits per heavy atom. The summed E-state index contributed by atoms with van der Waals surface area (Å²) in [6.45, 7) is 3.14. The first-order valence-corrected chi connectivity index (χ1v) is 7.28. The third-order valence-electron chi connectivity index (χ3n) is 3.31. The Kier molecular flexibility index (Phi) is 3.25. The SMILES string of the molecule is CCc1c(-c2cccc3c2OCCO3)sc(C#N)c1N. The molecule has 20 heavy (non-hydrogen) atoms. The Balaban J connectivity index is 2.22. The van der Waals surface area contributed by atoms with Gasteiger partial charge in [0.1, 0.15) is 24.2 Å². The fourth-order valence-corrected chi connectivity index (χ4v) is 3.51. The molecule has 0 aliphatic carbocycles. The fourth-order valence-electron chi connectivity index (χ4n) is 2.38. The van der Waals surface area contributed by atoms with Crippen molar-refractivity contribution in [2.75, 3.05) is 18.9 Å². The Morgan fingerprint density at radius 3 is 2.90 bits per heavy atom. The van der Waals surface area contributed by atoms with E-state index >= 15 is 0 Å². The van der Waals surface area contributed by atoms with Gasteiger partial charge in [0.15, 0.2) is 11.5 Å². The minimum absolute atomic E-state index is 0.539. The first kappa shape index (κ1) is 12.8. The summed E-state index contributed by atoms with van der Waals surface area (Å²) < 4.78 is 11.4. The van der Waals surface area contributed by atoms with Crippen molar-refractivity contribution in [3.63, 3.8) is 0 Å². The number of nitrogens with two attached hydrogens (primary N) is 1. The van der Waals surface area contributed by atoms with Crippen LogP contribution in [0.4, 0.5) is 5.69 Å². The molecule has 0 bridgehead atoms. The molecule has 1 aromatic carbocycles. The molecule has 0 amide bonds. The van der Waals surface area contributed by atoms with Crippen molar-refractivity contribution in [2.24, 2.45) is 0 Å². The molecule has 0 radical (unpaired) electrons. The van der Waals surface area contributed by atoms with Gasteiger partial charge in [-0.2, -0.15) is 5.26 Å². The van der Waals surface area contributed by atoms with Crippen LogP contribution in [0.2, 0.25) is 0 Å². The van der Waals surface area contributed by atoms with Gasteiger partial charge in [-0.3, -0.25) is 0 Å². The van der Waals surface area contributed by atoms with E-state index in [9.17, 15) is 0 Å². The number of nitrogen functional groups attached to an aromatic ring is 1. The van der Waals surface area contributed by atoms with Crippen molar-refractivity contribution in [3.05, 3.63) is 28.6 Å². The molecule has 0 spiro atoms. The van der Waals surface area contributed by atoms with E-state index in [1.54, 1.807) is 0 Å². The lowest BCUT2D eigenvalue weighted by Crippen LogP contribution is -2.15. The van der Waals surface area contributed by atoms with Crippen LogP contribution in [0.3, 0.4) is 0 Å². The molecule has 0 unspecified atom stereocenters. The third kappa shape index (κ3) is 1.89. The zero-order chi connectivity index (χ0) is 14.1. The standard InChI is InChI=1S/C15H14N2O2S/c1-2-9-13(17)12(8-16)20-15(9)10-4-3-5-11-14(10)19-7-6-18-11/h3-5H,2,6-7,17H2,1H3. The van der Waals surface area contributed by atoms with E-state index in [1.807, 2.05) is 25.1 Å². The summed E-state index contributed by atoms with van der Waals surface area (Å²) in [5.41, 5.74) is 8.61. The maximum atomic E-state index is 9.16. The Hall–Kier alpha value is -2.19. The second-order valence-corrected chi connectivity index (χ2v) is 5.47. The van der Waals surface area contributed by atoms with Crippen LogP contribution < -0.4 is 15.2 Å².